The van der Waals surface area contributed by atoms with Gasteiger partial charge in [0.15, 0.2) is 6.23 Å². The Hall–Kier alpha value is -4.17. The van der Waals surface area contributed by atoms with Crippen molar-refractivity contribution >= 4 is 29.3 Å². The van der Waals surface area contributed by atoms with Gasteiger partial charge in [0.1, 0.15) is 11.5 Å². The molecule has 3 N–H and O–H groups in total. The number of aliphatic hydroxyl groups is 1. The van der Waals surface area contributed by atoms with Gasteiger partial charge in [-0.05, 0) is 57.4 Å². The van der Waals surface area contributed by atoms with E-state index in [1.165, 1.54) is 17.7 Å². The normalized spacial score (nSPS) is 25.0. The molecule has 43 heavy (non-hydrogen) atoms. The van der Waals surface area contributed by atoms with Crippen molar-refractivity contribution in [2.24, 2.45) is 11.3 Å². The Kier molecular flexibility index (Phi) is 6.96. The van der Waals surface area contributed by atoms with Crippen LogP contribution in [0.1, 0.15) is 91.5 Å². The van der Waals surface area contributed by atoms with Crippen molar-refractivity contribution in [2.45, 2.75) is 82.6 Å². The number of rotatable bonds is 6. The van der Waals surface area contributed by atoms with E-state index in [9.17, 15) is 24.3 Å². The van der Waals surface area contributed by atoms with Crippen molar-refractivity contribution in [3.8, 4) is 11.8 Å². The molecule has 2 saturated carbocycles. The lowest BCUT2D eigenvalue weighted by atomic mass is 9.68. The van der Waals surface area contributed by atoms with Crippen molar-refractivity contribution < 1.29 is 24.3 Å². The largest absolute Gasteiger partial charge is 0.380 e. The summed E-state index contributed by atoms with van der Waals surface area (Å²) in [6.07, 6.45) is 9.66. The summed E-state index contributed by atoms with van der Waals surface area (Å²) >= 11 is 0. The number of likely N-dealkylation sites (tertiary alicyclic amines) is 1. The van der Waals surface area contributed by atoms with Crippen LogP contribution < -0.4 is 10.6 Å². The first-order chi connectivity index (χ1) is 20.8. The van der Waals surface area contributed by atoms with Gasteiger partial charge < -0.3 is 15.3 Å². The number of nitrogens with zero attached hydrogens (tertiary/aromatic N) is 4. The molecule has 0 spiro atoms. The molecule has 3 aliphatic heterocycles. The molecule has 1 aromatic carbocycles. The van der Waals surface area contributed by atoms with Crippen molar-refractivity contribution in [1.29, 1.82) is 0 Å². The van der Waals surface area contributed by atoms with Gasteiger partial charge in [-0.25, -0.2) is 0 Å². The first kappa shape index (κ1) is 27.7. The van der Waals surface area contributed by atoms with Crippen LogP contribution in [0.3, 0.4) is 0 Å². The summed E-state index contributed by atoms with van der Waals surface area (Å²) in [5.74, 6) is 6.04. The van der Waals surface area contributed by atoms with Gasteiger partial charge in [0, 0.05) is 55.0 Å². The molecule has 1 aromatic heterocycles. The molecule has 7 rings (SSSR count). The lowest BCUT2D eigenvalue weighted by Crippen LogP contribution is -2.53. The minimum atomic E-state index is -1.27. The van der Waals surface area contributed by atoms with E-state index in [2.05, 4.69) is 27.6 Å². The topological polar surface area (TPSA) is 137 Å². The molecule has 4 fully saturated rings. The summed E-state index contributed by atoms with van der Waals surface area (Å²) in [7, 11) is 0. The van der Waals surface area contributed by atoms with Crippen LogP contribution >= 0.6 is 0 Å². The van der Waals surface area contributed by atoms with Crippen molar-refractivity contribution in [3.05, 3.63) is 47.3 Å². The molecule has 2 unspecified atom stereocenters. The second-order valence-corrected chi connectivity index (χ2v) is 12.5. The third-order valence-electron chi connectivity index (χ3n) is 9.61. The predicted octanol–water partition coefficient (Wildman–Crippen LogP) is 2.49. The van der Waals surface area contributed by atoms with Crippen LogP contribution in [-0.4, -0.2) is 67.4 Å². The van der Waals surface area contributed by atoms with Gasteiger partial charge in [0.25, 0.3) is 5.91 Å². The Bertz CT molecular complexity index is 1540. The van der Waals surface area contributed by atoms with Crippen LogP contribution in [0.5, 0.6) is 0 Å². The van der Waals surface area contributed by atoms with Gasteiger partial charge in [-0.15, -0.1) is 0 Å². The molecule has 224 valence electrons. The van der Waals surface area contributed by atoms with E-state index >= 15 is 0 Å². The van der Waals surface area contributed by atoms with Crippen LogP contribution in [0.25, 0.3) is 0 Å². The number of aliphatic hydroxyl groups excluding tert-OH is 1. The zero-order valence-corrected chi connectivity index (χ0v) is 24.1. The molecule has 0 bridgehead atoms. The number of aromatic nitrogens is 2. The molecule has 5 aliphatic rings. The van der Waals surface area contributed by atoms with Crippen molar-refractivity contribution in [3.63, 3.8) is 0 Å². The lowest BCUT2D eigenvalue weighted by molar-refractivity contribution is -0.144. The monoisotopic (exact) mass is 584 g/mol. The molecule has 4 amide bonds. The smallest absolute Gasteiger partial charge is 0.259 e. The van der Waals surface area contributed by atoms with E-state index in [1.807, 2.05) is 15.8 Å². The van der Waals surface area contributed by atoms with E-state index in [4.69, 9.17) is 0 Å². The Balaban J connectivity index is 0.969. The Morgan fingerprint density at radius 1 is 1.12 bits per heavy atom. The molecule has 0 radical (unpaired) electrons. The number of fused-ring (bicyclic) bond motifs is 1. The average molecular weight is 585 g/mol. The van der Waals surface area contributed by atoms with Gasteiger partial charge in [-0.2, -0.15) is 5.10 Å². The fraction of sp³-hybridized carbons (Fsp3) is 0.531. The molecule has 2 aliphatic carbocycles. The standard InChI is InChI=1S/C32H36N6O5/c39-26-8-7-25(28(40)35-26)38-29(41)23-3-1-4-24(27(23)30(38)42)33-17-21-18-34-37(19-21)22-10-15-36(16-11-22)31(43)32(12-2-13-32)14-9-20-5-6-20/h1,3-4,18-20,22,25,29,33,41H,2,5-8,10-13,15-17H2,(H,35,39,40). The summed E-state index contributed by atoms with van der Waals surface area (Å²) in [5.41, 5.74) is 1.81. The lowest BCUT2D eigenvalue weighted by Gasteiger charge is -2.42. The summed E-state index contributed by atoms with van der Waals surface area (Å²) in [6.45, 7) is 1.82. The second kappa shape index (κ2) is 10.8. The molecule has 4 heterocycles. The van der Waals surface area contributed by atoms with Gasteiger partial charge in [0.2, 0.25) is 17.7 Å². The number of piperidine rings is 2. The Morgan fingerprint density at radius 3 is 2.60 bits per heavy atom. The molecule has 2 aromatic rings. The number of benzene rings is 1. The highest BCUT2D eigenvalue weighted by molar-refractivity contribution is 6.08. The number of carbonyl (C=O) groups is 4. The summed E-state index contributed by atoms with van der Waals surface area (Å²) in [4.78, 5) is 54.0. The SMILES string of the molecule is O=C1CCC(N2C(=O)c3c(NCc4cnn(C5CCN(C(=O)C6(C#CC7CC7)CCC6)CC5)c4)cccc3C2O)C(=O)N1. The number of imide groups is 1. The van der Waals surface area contributed by atoms with E-state index in [0.717, 1.165) is 37.7 Å². The highest BCUT2D eigenvalue weighted by atomic mass is 16.3. The maximum Gasteiger partial charge on any atom is 0.259 e. The number of hydrogen-bond acceptors (Lipinski definition) is 7. The van der Waals surface area contributed by atoms with E-state index < -0.39 is 29.5 Å². The van der Waals surface area contributed by atoms with Crippen molar-refractivity contribution in [1.82, 2.24) is 24.9 Å². The highest BCUT2D eigenvalue weighted by Gasteiger charge is 2.47. The first-order valence-corrected chi connectivity index (χ1v) is 15.4. The zero-order chi connectivity index (χ0) is 29.7. The number of carbonyl (C=O) groups excluding carboxylic acids is 4. The number of anilines is 1. The minimum Gasteiger partial charge on any atom is -0.380 e. The quantitative estimate of drug-likeness (QED) is 0.351. The minimum absolute atomic E-state index is 0.115. The van der Waals surface area contributed by atoms with E-state index in [0.29, 0.717) is 42.4 Å². The Morgan fingerprint density at radius 2 is 1.91 bits per heavy atom. The van der Waals surface area contributed by atoms with Gasteiger partial charge in [0.05, 0.1) is 17.8 Å². The number of hydrogen-bond donors (Lipinski definition) is 3. The zero-order valence-electron chi connectivity index (χ0n) is 24.1. The summed E-state index contributed by atoms with van der Waals surface area (Å²) < 4.78 is 1.97. The molecular weight excluding hydrogens is 548 g/mol. The molecule has 2 atom stereocenters. The second-order valence-electron chi connectivity index (χ2n) is 12.5. The third kappa shape index (κ3) is 5.07. The maximum atomic E-state index is 13.4. The van der Waals surface area contributed by atoms with Crippen LogP contribution in [0.15, 0.2) is 30.6 Å². The van der Waals surface area contributed by atoms with E-state index in [1.54, 1.807) is 24.4 Å². The summed E-state index contributed by atoms with van der Waals surface area (Å²) in [5, 5.41) is 21.1. The van der Waals surface area contributed by atoms with Crippen LogP contribution in [0, 0.1) is 23.2 Å². The highest BCUT2D eigenvalue weighted by Crippen LogP contribution is 2.44. The fourth-order valence-electron chi connectivity index (χ4n) is 6.71. The summed E-state index contributed by atoms with van der Waals surface area (Å²) in [6, 6.07) is 4.51. The van der Waals surface area contributed by atoms with Gasteiger partial charge in [-0.3, -0.25) is 34.1 Å². The molecular formula is C32H36N6O5. The van der Waals surface area contributed by atoms with Crippen LogP contribution in [-0.2, 0) is 20.9 Å². The number of amides is 4. The van der Waals surface area contributed by atoms with Gasteiger partial charge >= 0.3 is 0 Å². The third-order valence-corrected chi connectivity index (χ3v) is 9.61. The fourth-order valence-corrected chi connectivity index (χ4v) is 6.71. The Labute approximate surface area is 250 Å². The number of nitrogens with one attached hydrogen (secondary N) is 2. The molecule has 2 saturated heterocycles. The van der Waals surface area contributed by atoms with Crippen LogP contribution in [0.4, 0.5) is 5.69 Å². The maximum absolute atomic E-state index is 13.4. The molecule has 11 heteroatoms. The van der Waals surface area contributed by atoms with E-state index in [-0.39, 0.29) is 30.7 Å². The molecule has 11 nitrogen and oxygen atoms in total. The predicted molar refractivity (Wildman–Crippen MR) is 155 cm³/mol. The van der Waals surface area contributed by atoms with Crippen molar-refractivity contribution in [2.75, 3.05) is 18.4 Å². The van der Waals surface area contributed by atoms with Crippen LogP contribution in [0.2, 0.25) is 0 Å². The van der Waals surface area contributed by atoms with Gasteiger partial charge in [-0.1, -0.05) is 24.0 Å². The average Bonchev–Trinajstić information content (AvgIpc) is 3.63. The first-order valence-electron chi connectivity index (χ1n) is 15.4.